The van der Waals surface area contributed by atoms with Gasteiger partial charge in [0.15, 0.2) is 28.5 Å². The molecule has 0 aliphatic rings. The summed E-state index contributed by atoms with van der Waals surface area (Å²) in [5.74, 6) is 3.06. The molecule has 0 spiro atoms. The summed E-state index contributed by atoms with van der Waals surface area (Å²) in [6, 6.07) is 66.1. The standard InChI is InChI=1S/C26H34N.C25H32N.2C24H30N.C23H28N/c1-8-17(4)22-11-12-24-23(16-22)13-18(5)27(7)26(24)25-15-20(9-2)14-21(10-3)19(25)6;1-8-17(4)21-11-12-23-22(14-21)13-19(6)26(7)25(23)24-15-20(16(2)3)10-9-18(24)5;1-8-16(3)20-9-10-22-21(14-20)13-18(5)25(7)24(22)23-12-15(2)11-17(4)19(23)6;1-7-16(3)20-11-12-22-21(15-20)13-18(5)25(6)24(22)23-14-19(8-2)10-9-17(23)4;1-7-16(3)19-10-11-21-20(14-19)13-18(5)24(6)23(21)22-12-15(2)8-9-17(22)4/h11-17H,8-10H2,1-7H3;9-17H,8H2,1-7H3;9-14,16H,8H2,1-7H3;9-16H,7-8H2,1-6H3;8-14,16H,7H2,1-6H3/q5*+1/i5*13D. The quantitative estimate of drug-likeness (QED) is 0.0719. The zero-order chi connectivity index (χ0) is 96.9. The van der Waals surface area contributed by atoms with Crippen LogP contribution >= 0.6 is 0 Å². The Morgan fingerprint density at radius 1 is 0.244 bits per heavy atom. The molecular formula is C122H154N5+5. The average Bonchev–Trinajstić information content (AvgIpc) is 0.764. The van der Waals surface area contributed by atoms with Gasteiger partial charge < -0.3 is 0 Å². The molecule has 5 nitrogen and oxygen atoms in total. The molecule has 662 valence electrons. The Morgan fingerprint density at radius 3 is 0.835 bits per heavy atom. The highest BCUT2D eigenvalue weighted by Crippen LogP contribution is 2.40. The first-order chi connectivity index (χ1) is 62.6. The number of hydrogen-bond acceptors (Lipinski definition) is 0. The Morgan fingerprint density at radius 2 is 0.520 bits per heavy atom. The van der Waals surface area contributed by atoms with Crippen molar-refractivity contribution in [2.24, 2.45) is 35.2 Å². The van der Waals surface area contributed by atoms with Gasteiger partial charge in [0.2, 0.25) is 28.5 Å². The van der Waals surface area contributed by atoms with Gasteiger partial charge in [-0.15, -0.1) is 0 Å². The van der Waals surface area contributed by atoms with Gasteiger partial charge in [0, 0.05) is 81.5 Å². The van der Waals surface area contributed by atoms with E-state index in [9.17, 15) is 0 Å². The molecule has 10 aromatic carbocycles. The number of rotatable bonds is 19. The van der Waals surface area contributed by atoms with Crippen molar-refractivity contribution in [3.63, 3.8) is 0 Å². The van der Waals surface area contributed by atoms with Crippen molar-refractivity contribution < 1.29 is 29.7 Å². The topological polar surface area (TPSA) is 19.4 Å². The second-order valence-electron chi connectivity index (χ2n) is 37.6. The Balaban J connectivity index is 0.000000159. The van der Waals surface area contributed by atoms with Crippen molar-refractivity contribution in [2.75, 3.05) is 0 Å². The van der Waals surface area contributed by atoms with Gasteiger partial charge in [0.1, 0.15) is 35.2 Å². The SMILES string of the molecule is [2H]c1c(C)[n+](C)c(-c2cc(C(C)C)ccc2C)c2ccc(C(C)CC)cc12.[2H]c1c(C)[n+](C)c(-c2cc(C)cc(C)c2C)c2ccc(C(C)CC)cc12.[2H]c1c(C)[n+](C)c(-c2cc(C)ccc2C)c2ccc(C(C)CC)cc12.[2H]c1c(C)[n+](C)c(-c2cc(CC)cc(CC)c2C)c2ccc(C(C)CC)cc12.[2H]c1c(C)[n+](C)c(-c2cc(CC)ccc2C)c2ccc(C(C)CC)cc12. The van der Waals surface area contributed by atoms with Crippen molar-refractivity contribution in [1.29, 1.82) is 0 Å². The second-order valence-corrected chi connectivity index (χ2v) is 37.6. The minimum Gasteiger partial charge on any atom is -0.198 e. The van der Waals surface area contributed by atoms with E-state index in [0.29, 0.717) is 65.7 Å². The largest absolute Gasteiger partial charge is 0.220 e. The van der Waals surface area contributed by atoms with E-state index in [-0.39, 0.29) is 0 Å². The molecule has 0 N–H and O–H groups in total. The van der Waals surface area contributed by atoms with Crippen LogP contribution in [-0.4, -0.2) is 0 Å². The van der Waals surface area contributed by atoms with Gasteiger partial charge >= 0.3 is 0 Å². The van der Waals surface area contributed by atoms with Crippen molar-refractivity contribution in [1.82, 2.24) is 0 Å². The van der Waals surface area contributed by atoms with Crippen LogP contribution in [0.3, 0.4) is 0 Å². The predicted molar refractivity (Wildman–Crippen MR) is 550 cm³/mol. The number of pyridine rings is 5. The van der Waals surface area contributed by atoms with Crippen LogP contribution in [0.15, 0.2) is 200 Å². The van der Waals surface area contributed by atoms with Crippen LogP contribution in [0.25, 0.3) is 110 Å². The number of benzene rings is 10. The molecular weight excluding hydrogens is 1540 g/mol. The molecule has 0 aliphatic carbocycles. The van der Waals surface area contributed by atoms with E-state index in [1.807, 2.05) is 6.92 Å². The fourth-order valence-corrected chi connectivity index (χ4v) is 18.2. The van der Waals surface area contributed by atoms with Gasteiger partial charge in [0.25, 0.3) is 0 Å². The van der Waals surface area contributed by atoms with E-state index < -0.39 is 0 Å². The summed E-state index contributed by atoms with van der Waals surface area (Å²) in [7, 11) is 10.4. The van der Waals surface area contributed by atoms with E-state index >= 15 is 0 Å². The van der Waals surface area contributed by atoms with Crippen molar-refractivity contribution in [3.05, 3.63) is 323 Å². The van der Waals surface area contributed by atoms with Gasteiger partial charge in [0.05, 0.1) is 44.9 Å². The Kier molecular flexibility index (Phi) is 29.6. The van der Waals surface area contributed by atoms with Crippen molar-refractivity contribution in [3.8, 4) is 56.3 Å². The number of aromatic nitrogens is 5. The fraction of sp³-hybridized carbons (Fsp3) is 0.385. The Bertz CT molecular complexity index is 6860. The molecule has 0 radical (unpaired) electrons. The first-order valence-electron chi connectivity index (χ1n) is 50.2. The summed E-state index contributed by atoms with van der Waals surface area (Å²) >= 11 is 0. The first kappa shape index (κ1) is 89.6. The number of hydrogen-bond donors (Lipinski definition) is 0. The molecule has 5 heteroatoms. The third-order valence-corrected chi connectivity index (χ3v) is 28.7. The van der Waals surface area contributed by atoms with Gasteiger partial charge in [-0.3, -0.25) is 0 Å². The number of nitrogens with zero attached hydrogens (tertiary/aromatic N) is 5. The van der Waals surface area contributed by atoms with E-state index in [4.69, 9.17) is 6.85 Å². The van der Waals surface area contributed by atoms with Crippen LogP contribution in [-0.2, 0) is 54.5 Å². The zero-order valence-corrected chi connectivity index (χ0v) is 84.0. The van der Waals surface area contributed by atoms with Gasteiger partial charge in [-0.2, -0.15) is 22.8 Å². The molecule has 127 heavy (non-hydrogen) atoms. The molecule has 0 amide bonds. The maximum atomic E-state index is 8.77. The summed E-state index contributed by atoms with van der Waals surface area (Å²) in [5, 5.41) is 11.2. The van der Waals surface area contributed by atoms with Crippen molar-refractivity contribution >= 4 is 53.9 Å². The lowest BCUT2D eigenvalue weighted by Gasteiger charge is -2.16. The highest BCUT2D eigenvalue weighted by atomic mass is 15.0. The third kappa shape index (κ3) is 21.0. The smallest absolute Gasteiger partial charge is 0.198 e. The predicted octanol–water partition coefficient (Wildman–Crippen LogP) is 31.0. The highest BCUT2D eigenvalue weighted by molar-refractivity contribution is 5.99. The number of aryl methyl sites for hydroxylation is 9. The molecule has 0 bridgehead atoms. The van der Waals surface area contributed by atoms with E-state index in [1.165, 1.54) is 178 Å². The molecule has 0 saturated carbocycles. The van der Waals surface area contributed by atoms with E-state index in [1.54, 1.807) is 0 Å². The van der Waals surface area contributed by atoms with Crippen LogP contribution < -0.4 is 22.8 Å². The molecule has 0 fully saturated rings. The Labute approximate surface area is 774 Å². The summed E-state index contributed by atoms with van der Waals surface area (Å²) in [6.45, 7) is 61.3. The maximum absolute atomic E-state index is 8.77. The van der Waals surface area contributed by atoms with Gasteiger partial charge in [-0.1, -0.05) is 224 Å². The molecule has 15 aromatic rings. The highest BCUT2D eigenvalue weighted by Gasteiger charge is 2.29. The summed E-state index contributed by atoms with van der Waals surface area (Å²) in [6.07, 6.45) is 8.68. The number of fused-ring (bicyclic) bond motifs is 5. The Hall–Kier alpha value is -10.8. The lowest BCUT2D eigenvalue weighted by molar-refractivity contribution is -0.665. The van der Waals surface area contributed by atoms with E-state index in [0.717, 1.165) is 107 Å². The molecule has 15 rings (SSSR count). The summed E-state index contributed by atoms with van der Waals surface area (Å²) in [5.41, 5.74) is 40.0. The lowest BCUT2D eigenvalue weighted by Crippen LogP contribution is -2.35. The molecule has 0 saturated heterocycles. The third-order valence-electron chi connectivity index (χ3n) is 28.7. The fourth-order valence-electron chi connectivity index (χ4n) is 18.2. The monoisotopic (exact) mass is 1690 g/mol. The maximum Gasteiger partial charge on any atom is 0.220 e. The molecule has 5 atom stereocenters. The minimum atomic E-state index is 0.495. The molecule has 5 unspecified atom stereocenters. The summed E-state index contributed by atoms with van der Waals surface area (Å²) < 4.78 is 54.5. The molecule has 5 aromatic heterocycles. The first-order valence-corrected chi connectivity index (χ1v) is 47.7. The second kappa shape index (κ2) is 42.0. The van der Waals surface area contributed by atoms with Crippen LogP contribution in [0.2, 0.25) is 0 Å². The summed E-state index contributed by atoms with van der Waals surface area (Å²) in [4.78, 5) is 0. The van der Waals surface area contributed by atoms with Crippen LogP contribution in [0.1, 0.15) is 301 Å². The van der Waals surface area contributed by atoms with Gasteiger partial charge in [-0.25, -0.2) is 0 Å². The van der Waals surface area contributed by atoms with Crippen LogP contribution in [0.4, 0.5) is 0 Å². The zero-order valence-electron chi connectivity index (χ0n) is 89.0. The van der Waals surface area contributed by atoms with E-state index in [2.05, 4.69) is 415 Å². The lowest BCUT2D eigenvalue weighted by atomic mass is 9.90. The van der Waals surface area contributed by atoms with Gasteiger partial charge in [-0.05, 0) is 313 Å². The molecule has 0 aliphatic heterocycles. The minimum absolute atomic E-state index is 0.495. The van der Waals surface area contributed by atoms with Crippen LogP contribution in [0, 0.1) is 90.0 Å². The average molecular weight is 1700 g/mol. The molecule has 5 heterocycles. The van der Waals surface area contributed by atoms with Crippen molar-refractivity contribution in [2.45, 2.75) is 281 Å². The van der Waals surface area contributed by atoms with Crippen LogP contribution in [0.5, 0.6) is 0 Å². The normalized spacial score (nSPS) is 13.2.